The SMILES string of the molecule is CC1=C(C(=O)OCC(C)C)C(c2cc([N+](=O)[O-])cc(Br)c2O)C2=C(CC(C)(C)CC2=O)N1. The lowest BCUT2D eigenvalue weighted by atomic mass is 9.68. The molecule has 0 amide bonds. The third-order valence-corrected chi connectivity index (χ3v) is 6.21. The highest BCUT2D eigenvalue weighted by atomic mass is 79.9. The minimum atomic E-state index is -0.981. The van der Waals surface area contributed by atoms with E-state index in [2.05, 4.69) is 21.2 Å². The van der Waals surface area contributed by atoms with Gasteiger partial charge in [-0.2, -0.15) is 0 Å². The number of non-ortho nitro benzene ring substituents is 1. The van der Waals surface area contributed by atoms with Gasteiger partial charge in [0.25, 0.3) is 5.69 Å². The molecule has 0 saturated heterocycles. The van der Waals surface area contributed by atoms with Crippen molar-refractivity contribution in [2.24, 2.45) is 11.3 Å². The van der Waals surface area contributed by atoms with Gasteiger partial charge in [0.1, 0.15) is 5.75 Å². The van der Waals surface area contributed by atoms with Crippen molar-refractivity contribution in [3.05, 3.63) is 54.8 Å². The number of allylic oxidation sites excluding steroid dienone is 3. The van der Waals surface area contributed by atoms with E-state index in [-0.39, 0.29) is 57.2 Å². The molecule has 1 heterocycles. The summed E-state index contributed by atoms with van der Waals surface area (Å²) in [5.74, 6) is -1.93. The van der Waals surface area contributed by atoms with Crippen molar-refractivity contribution >= 4 is 33.4 Å². The number of hydrogen-bond donors (Lipinski definition) is 2. The van der Waals surface area contributed by atoms with E-state index in [1.807, 2.05) is 27.7 Å². The molecule has 0 spiro atoms. The molecule has 2 aliphatic rings. The van der Waals surface area contributed by atoms with Crippen molar-refractivity contribution in [3.8, 4) is 5.75 Å². The number of halogens is 1. The molecule has 3 rings (SSSR count). The number of dihydropyridines is 1. The van der Waals surface area contributed by atoms with E-state index in [0.29, 0.717) is 23.4 Å². The summed E-state index contributed by atoms with van der Waals surface area (Å²) >= 11 is 3.17. The molecule has 8 nitrogen and oxygen atoms in total. The Balaban J connectivity index is 2.25. The molecule has 1 aliphatic carbocycles. The van der Waals surface area contributed by atoms with E-state index >= 15 is 0 Å². The van der Waals surface area contributed by atoms with Crippen LogP contribution in [0.15, 0.2) is 39.1 Å². The van der Waals surface area contributed by atoms with Gasteiger partial charge in [-0.15, -0.1) is 0 Å². The smallest absolute Gasteiger partial charge is 0.336 e. The number of ether oxygens (including phenoxy) is 1. The molecule has 2 N–H and O–H groups in total. The maximum absolute atomic E-state index is 13.3. The standard InChI is InChI=1S/C23H27BrN2O6/c1-11(2)10-32-22(29)18-12(3)25-16-8-23(4,5)9-17(27)20(16)19(18)14-6-13(26(30)31)7-15(24)21(14)28/h6-7,11,19,25,28H,8-10H2,1-5H3. The van der Waals surface area contributed by atoms with Crippen LogP contribution in [0.5, 0.6) is 5.75 Å². The van der Waals surface area contributed by atoms with Crippen LogP contribution in [-0.4, -0.2) is 28.4 Å². The second-order valence-electron chi connectivity index (χ2n) is 9.54. The molecular formula is C23H27BrN2O6. The van der Waals surface area contributed by atoms with E-state index in [1.165, 1.54) is 12.1 Å². The van der Waals surface area contributed by atoms with E-state index in [1.54, 1.807) is 6.92 Å². The third-order valence-electron chi connectivity index (χ3n) is 5.61. The Kier molecular flexibility index (Phi) is 6.51. The van der Waals surface area contributed by atoms with Crippen molar-refractivity contribution in [2.45, 2.75) is 53.4 Å². The number of benzene rings is 1. The van der Waals surface area contributed by atoms with Crippen molar-refractivity contribution in [1.29, 1.82) is 0 Å². The Morgan fingerprint density at radius 3 is 2.62 bits per heavy atom. The van der Waals surface area contributed by atoms with Crippen molar-refractivity contribution in [1.82, 2.24) is 5.32 Å². The minimum absolute atomic E-state index is 0.0992. The molecule has 0 aromatic heterocycles. The van der Waals surface area contributed by atoms with E-state index < -0.39 is 16.8 Å². The third kappa shape index (κ3) is 4.57. The van der Waals surface area contributed by atoms with Gasteiger partial charge in [-0.05, 0) is 40.6 Å². The molecular weight excluding hydrogens is 480 g/mol. The summed E-state index contributed by atoms with van der Waals surface area (Å²) in [5, 5.41) is 25.5. The van der Waals surface area contributed by atoms with Gasteiger partial charge in [-0.1, -0.05) is 27.7 Å². The molecule has 1 unspecified atom stereocenters. The second kappa shape index (κ2) is 8.69. The summed E-state index contributed by atoms with van der Waals surface area (Å²) in [6, 6.07) is 2.41. The number of carbonyl (C=O) groups is 2. The number of rotatable bonds is 5. The number of ketones is 1. The predicted molar refractivity (Wildman–Crippen MR) is 122 cm³/mol. The van der Waals surface area contributed by atoms with Crippen LogP contribution in [0.3, 0.4) is 0 Å². The van der Waals surface area contributed by atoms with E-state index in [0.717, 1.165) is 0 Å². The first kappa shape index (κ1) is 24.0. The van der Waals surface area contributed by atoms with Crippen molar-refractivity contribution in [2.75, 3.05) is 6.61 Å². The van der Waals surface area contributed by atoms with Crippen LogP contribution in [0.4, 0.5) is 5.69 Å². The summed E-state index contributed by atoms with van der Waals surface area (Å²) < 4.78 is 5.58. The average Bonchev–Trinajstić information content (AvgIpc) is 2.65. The number of phenols is 1. The van der Waals surface area contributed by atoms with E-state index in [9.17, 15) is 24.8 Å². The molecule has 9 heteroatoms. The monoisotopic (exact) mass is 506 g/mol. The summed E-state index contributed by atoms with van der Waals surface area (Å²) in [4.78, 5) is 37.3. The van der Waals surface area contributed by atoms with Gasteiger partial charge in [-0.25, -0.2) is 4.79 Å². The largest absolute Gasteiger partial charge is 0.506 e. The maximum Gasteiger partial charge on any atom is 0.336 e. The van der Waals surface area contributed by atoms with Crippen LogP contribution in [0.1, 0.15) is 58.9 Å². The first-order chi connectivity index (χ1) is 14.8. The van der Waals surface area contributed by atoms with Crippen molar-refractivity contribution in [3.63, 3.8) is 0 Å². The van der Waals surface area contributed by atoms with Crippen LogP contribution in [0, 0.1) is 21.4 Å². The lowest BCUT2D eigenvalue weighted by Crippen LogP contribution is -2.38. The van der Waals surface area contributed by atoms with Gasteiger partial charge in [0.15, 0.2) is 5.78 Å². The second-order valence-corrected chi connectivity index (χ2v) is 10.4. The minimum Gasteiger partial charge on any atom is -0.506 e. The van der Waals surface area contributed by atoms with Gasteiger partial charge in [-0.3, -0.25) is 14.9 Å². The first-order valence-corrected chi connectivity index (χ1v) is 11.2. The van der Waals surface area contributed by atoms with Crippen molar-refractivity contribution < 1.29 is 24.4 Å². The fraction of sp³-hybridized carbons (Fsp3) is 0.478. The number of carbonyl (C=O) groups excluding carboxylic acids is 2. The number of esters is 1. The predicted octanol–water partition coefficient (Wildman–Crippen LogP) is 4.87. The number of nitro benzene ring substituents is 1. The number of aromatic hydroxyl groups is 1. The fourth-order valence-electron chi connectivity index (χ4n) is 4.27. The Morgan fingerprint density at radius 1 is 1.38 bits per heavy atom. The highest BCUT2D eigenvalue weighted by molar-refractivity contribution is 9.10. The molecule has 1 aromatic rings. The van der Waals surface area contributed by atoms with E-state index in [4.69, 9.17) is 4.74 Å². The maximum atomic E-state index is 13.3. The average molecular weight is 507 g/mol. The van der Waals surface area contributed by atoms with Crippen LogP contribution < -0.4 is 5.32 Å². The topological polar surface area (TPSA) is 119 Å². The normalized spacial score (nSPS) is 20.2. The molecule has 1 atom stereocenters. The molecule has 0 fully saturated rings. The first-order valence-electron chi connectivity index (χ1n) is 10.4. The Morgan fingerprint density at radius 2 is 2.03 bits per heavy atom. The summed E-state index contributed by atoms with van der Waals surface area (Å²) in [5.41, 5.74) is 1.24. The summed E-state index contributed by atoms with van der Waals surface area (Å²) in [6.45, 7) is 9.67. The zero-order chi connectivity index (χ0) is 24.0. The van der Waals surface area contributed by atoms with Gasteiger partial charge >= 0.3 is 5.97 Å². The molecule has 1 aliphatic heterocycles. The van der Waals surface area contributed by atoms with Gasteiger partial charge < -0.3 is 15.2 Å². The number of phenolic OH excluding ortho intramolecular Hbond substituents is 1. The summed E-state index contributed by atoms with van der Waals surface area (Å²) in [6.07, 6.45) is 0.821. The highest BCUT2D eigenvalue weighted by Gasteiger charge is 2.44. The molecule has 32 heavy (non-hydrogen) atoms. The fourth-order valence-corrected chi connectivity index (χ4v) is 4.73. The van der Waals surface area contributed by atoms with Gasteiger partial charge in [0, 0.05) is 41.1 Å². The molecule has 0 saturated carbocycles. The quantitative estimate of drug-likeness (QED) is 0.332. The molecule has 172 valence electrons. The Bertz CT molecular complexity index is 1070. The lowest BCUT2D eigenvalue weighted by molar-refractivity contribution is -0.385. The van der Waals surface area contributed by atoms with Crippen LogP contribution in [-0.2, 0) is 14.3 Å². The zero-order valence-electron chi connectivity index (χ0n) is 18.7. The number of nitrogens with zero attached hydrogens (tertiary/aromatic N) is 1. The number of Topliss-reactive ketones (excluding diaryl/α,β-unsaturated/α-hetero) is 1. The summed E-state index contributed by atoms with van der Waals surface area (Å²) in [7, 11) is 0. The van der Waals surface area contributed by atoms with Crippen LogP contribution in [0.25, 0.3) is 0 Å². The number of nitro groups is 1. The van der Waals surface area contributed by atoms with Crippen LogP contribution in [0.2, 0.25) is 0 Å². The molecule has 0 bridgehead atoms. The molecule has 1 aromatic carbocycles. The number of nitrogens with one attached hydrogen (secondary N) is 1. The van der Waals surface area contributed by atoms with Gasteiger partial charge in [0.2, 0.25) is 0 Å². The zero-order valence-corrected chi connectivity index (χ0v) is 20.3. The lowest BCUT2D eigenvalue weighted by Gasteiger charge is -2.39. The highest BCUT2D eigenvalue weighted by Crippen LogP contribution is 2.50. The Hall–Kier alpha value is -2.68. The molecule has 0 radical (unpaired) electrons. The van der Waals surface area contributed by atoms with Gasteiger partial charge in [0.05, 0.1) is 27.5 Å². The van der Waals surface area contributed by atoms with Crippen LogP contribution >= 0.6 is 15.9 Å². The Labute approximate surface area is 195 Å². The number of hydrogen-bond acceptors (Lipinski definition) is 7.